The third-order valence-electron chi connectivity index (χ3n) is 4.47. The molecule has 0 aliphatic heterocycles. The monoisotopic (exact) mass is 386 g/mol. The van der Waals surface area contributed by atoms with Gasteiger partial charge in [-0.15, -0.1) is 0 Å². The molecule has 0 aliphatic carbocycles. The van der Waals surface area contributed by atoms with Crippen molar-refractivity contribution in [1.29, 1.82) is 0 Å². The van der Waals surface area contributed by atoms with Gasteiger partial charge in [0.2, 0.25) is 0 Å². The van der Waals surface area contributed by atoms with Crippen molar-refractivity contribution in [1.82, 2.24) is 15.2 Å². The zero-order valence-electron chi connectivity index (χ0n) is 15.6. The summed E-state index contributed by atoms with van der Waals surface area (Å²) in [5.74, 6) is 0.241. The number of aromatic amines is 1. The third kappa shape index (κ3) is 4.73. The molecule has 2 N–H and O–H groups in total. The smallest absolute Gasteiger partial charge is 0.187 e. The van der Waals surface area contributed by atoms with Crippen molar-refractivity contribution >= 4 is 11.6 Å². The van der Waals surface area contributed by atoms with Crippen LogP contribution in [0.5, 0.6) is 0 Å². The van der Waals surface area contributed by atoms with Gasteiger partial charge in [-0.25, -0.2) is 9.37 Å². The number of rotatable bonds is 7. The highest BCUT2D eigenvalue weighted by Crippen LogP contribution is 2.19. The van der Waals surface area contributed by atoms with Gasteiger partial charge >= 0.3 is 0 Å². The molecule has 0 saturated carbocycles. The molecule has 0 radical (unpaired) electrons. The second-order valence-corrected chi connectivity index (χ2v) is 6.63. The summed E-state index contributed by atoms with van der Waals surface area (Å²) in [5.41, 5.74) is 3.65. The predicted octanol–water partition coefficient (Wildman–Crippen LogP) is 4.65. The Morgan fingerprint density at radius 3 is 2.55 bits per heavy atom. The van der Waals surface area contributed by atoms with E-state index in [4.69, 9.17) is 0 Å². The molecule has 2 aromatic heterocycles. The number of Topliss-reactive ketones (excluding diaryl/α,β-unsaturated/α-hetero) is 1. The molecule has 0 atom stereocenters. The van der Waals surface area contributed by atoms with Crippen molar-refractivity contribution in [3.63, 3.8) is 0 Å². The Hall–Kier alpha value is -3.80. The van der Waals surface area contributed by atoms with E-state index in [1.165, 1.54) is 12.1 Å². The Morgan fingerprint density at radius 2 is 1.76 bits per heavy atom. The average molecular weight is 386 g/mol. The van der Waals surface area contributed by atoms with E-state index in [-0.39, 0.29) is 18.0 Å². The van der Waals surface area contributed by atoms with Gasteiger partial charge in [0.1, 0.15) is 17.3 Å². The number of carbonyl (C=O) groups is 1. The Bertz CT molecular complexity index is 1110. The lowest BCUT2D eigenvalue weighted by Crippen LogP contribution is -2.09. The zero-order valence-corrected chi connectivity index (χ0v) is 15.6. The molecule has 4 rings (SSSR count). The molecule has 144 valence electrons. The fraction of sp³-hybridized carbons (Fsp3) is 0.0870. The minimum Gasteiger partial charge on any atom is -0.366 e. The van der Waals surface area contributed by atoms with Crippen LogP contribution in [0.4, 0.5) is 10.2 Å². The SMILES string of the molecule is O=C(Cc1cc(-c2ccc(F)cc2)n[nH]1)c1cccc(NCc2ccccc2)n1. The summed E-state index contributed by atoms with van der Waals surface area (Å²) in [6, 6.07) is 23.2. The number of benzene rings is 2. The average Bonchev–Trinajstić information content (AvgIpc) is 3.22. The van der Waals surface area contributed by atoms with Crippen LogP contribution in [0.15, 0.2) is 78.9 Å². The molecule has 2 aromatic carbocycles. The molecule has 0 bridgehead atoms. The van der Waals surface area contributed by atoms with Crippen LogP contribution in [-0.4, -0.2) is 21.0 Å². The van der Waals surface area contributed by atoms with E-state index in [0.29, 0.717) is 29.4 Å². The number of halogens is 1. The van der Waals surface area contributed by atoms with Gasteiger partial charge in [0.25, 0.3) is 0 Å². The Labute approximate surface area is 167 Å². The number of nitrogens with zero attached hydrogens (tertiary/aromatic N) is 2. The maximum absolute atomic E-state index is 13.1. The van der Waals surface area contributed by atoms with Gasteiger partial charge in [-0.1, -0.05) is 36.4 Å². The van der Waals surface area contributed by atoms with Crippen LogP contribution >= 0.6 is 0 Å². The highest BCUT2D eigenvalue weighted by molar-refractivity contribution is 5.96. The molecule has 0 unspecified atom stereocenters. The van der Waals surface area contributed by atoms with E-state index >= 15 is 0 Å². The van der Waals surface area contributed by atoms with E-state index in [2.05, 4.69) is 20.5 Å². The molecule has 6 heteroatoms. The van der Waals surface area contributed by atoms with Crippen molar-refractivity contribution in [3.8, 4) is 11.3 Å². The van der Waals surface area contributed by atoms with Crippen molar-refractivity contribution in [2.24, 2.45) is 0 Å². The maximum atomic E-state index is 13.1. The molecule has 0 saturated heterocycles. The topological polar surface area (TPSA) is 70.7 Å². The minimum absolute atomic E-state index is 0.109. The molecule has 2 heterocycles. The summed E-state index contributed by atoms with van der Waals surface area (Å²) in [7, 11) is 0. The summed E-state index contributed by atoms with van der Waals surface area (Å²) in [4.78, 5) is 17.1. The van der Waals surface area contributed by atoms with E-state index < -0.39 is 0 Å². The van der Waals surface area contributed by atoms with Crippen LogP contribution in [0.1, 0.15) is 21.7 Å². The molecule has 4 aromatic rings. The number of hydrogen-bond acceptors (Lipinski definition) is 4. The van der Waals surface area contributed by atoms with Crippen LogP contribution in [0.2, 0.25) is 0 Å². The summed E-state index contributed by atoms with van der Waals surface area (Å²) in [6.45, 7) is 0.632. The fourth-order valence-corrected chi connectivity index (χ4v) is 2.96. The largest absolute Gasteiger partial charge is 0.366 e. The van der Waals surface area contributed by atoms with E-state index in [1.54, 1.807) is 24.3 Å². The standard InChI is InChI=1S/C23H19FN4O/c24-18-11-9-17(10-12-18)21-13-19(27-28-21)14-22(29)20-7-4-8-23(26-20)25-15-16-5-2-1-3-6-16/h1-13H,14-15H2,(H,25,26)(H,27,28). The lowest BCUT2D eigenvalue weighted by molar-refractivity contribution is 0.0987. The van der Waals surface area contributed by atoms with E-state index in [9.17, 15) is 9.18 Å². The van der Waals surface area contributed by atoms with Gasteiger partial charge in [0.05, 0.1) is 12.1 Å². The third-order valence-corrected chi connectivity index (χ3v) is 4.47. The zero-order chi connectivity index (χ0) is 20.1. The van der Waals surface area contributed by atoms with Gasteiger partial charge < -0.3 is 5.32 Å². The second-order valence-electron chi connectivity index (χ2n) is 6.63. The molecule has 0 aliphatic rings. The van der Waals surface area contributed by atoms with Gasteiger partial charge in [0.15, 0.2) is 5.78 Å². The number of hydrogen-bond donors (Lipinski definition) is 2. The number of carbonyl (C=O) groups excluding carboxylic acids is 1. The van der Waals surface area contributed by atoms with Crippen molar-refractivity contribution in [2.45, 2.75) is 13.0 Å². The van der Waals surface area contributed by atoms with E-state index in [0.717, 1.165) is 11.1 Å². The quantitative estimate of drug-likeness (QED) is 0.454. The fourth-order valence-electron chi connectivity index (χ4n) is 2.96. The molecule has 5 nitrogen and oxygen atoms in total. The van der Waals surface area contributed by atoms with Crippen molar-refractivity contribution < 1.29 is 9.18 Å². The molecular formula is C23H19FN4O. The van der Waals surface area contributed by atoms with Gasteiger partial charge in [-0.3, -0.25) is 9.89 Å². The molecule has 0 amide bonds. The highest BCUT2D eigenvalue weighted by Gasteiger charge is 2.12. The lowest BCUT2D eigenvalue weighted by atomic mass is 10.1. The first-order chi connectivity index (χ1) is 14.2. The molecular weight excluding hydrogens is 367 g/mol. The van der Waals surface area contributed by atoms with Crippen molar-refractivity contribution in [3.05, 3.63) is 102 Å². The van der Waals surface area contributed by atoms with Crippen LogP contribution in [-0.2, 0) is 13.0 Å². The lowest BCUT2D eigenvalue weighted by Gasteiger charge is -2.07. The van der Waals surface area contributed by atoms with Crippen LogP contribution in [0.25, 0.3) is 11.3 Å². The minimum atomic E-state index is -0.300. The number of anilines is 1. The highest BCUT2D eigenvalue weighted by atomic mass is 19.1. The molecule has 0 spiro atoms. The first kappa shape index (κ1) is 18.6. The normalized spacial score (nSPS) is 10.7. The first-order valence-corrected chi connectivity index (χ1v) is 9.26. The summed E-state index contributed by atoms with van der Waals surface area (Å²) in [6.07, 6.45) is 0.156. The number of pyridine rings is 1. The maximum Gasteiger partial charge on any atom is 0.187 e. The molecule has 0 fully saturated rings. The van der Waals surface area contributed by atoms with Gasteiger partial charge in [0, 0.05) is 17.8 Å². The number of aromatic nitrogens is 3. The summed E-state index contributed by atoms with van der Waals surface area (Å²) in [5, 5.41) is 10.3. The predicted molar refractivity (Wildman–Crippen MR) is 110 cm³/mol. The second kappa shape index (κ2) is 8.48. The first-order valence-electron chi connectivity index (χ1n) is 9.26. The number of H-pyrrole nitrogens is 1. The number of ketones is 1. The van der Waals surface area contributed by atoms with Crippen LogP contribution in [0, 0.1) is 5.82 Å². The van der Waals surface area contributed by atoms with Crippen LogP contribution < -0.4 is 5.32 Å². The van der Waals surface area contributed by atoms with Gasteiger partial charge in [-0.2, -0.15) is 5.10 Å². The summed E-state index contributed by atoms with van der Waals surface area (Å²) < 4.78 is 13.1. The molecule has 29 heavy (non-hydrogen) atoms. The number of nitrogens with one attached hydrogen (secondary N) is 2. The van der Waals surface area contributed by atoms with E-state index in [1.807, 2.05) is 42.5 Å². The Balaban J connectivity index is 1.41. The summed E-state index contributed by atoms with van der Waals surface area (Å²) >= 11 is 0. The Kier molecular flexibility index (Phi) is 5.42. The van der Waals surface area contributed by atoms with Crippen molar-refractivity contribution in [2.75, 3.05) is 5.32 Å². The Morgan fingerprint density at radius 1 is 0.966 bits per heavy atom. The van der Waals surface area contributed by atoms with Gasteiger partial charge in [-0.05, 0) is 48.0 Å². The van der Waals surface area contributed by atoms with Crippen LogP contribution in [0.3, 0.4) is 0 Å².